The van der Waals surface area contributed by atoms with Gasteiger partial charge in [-0.2, -0.15) is 19.9 Å². The molecule has 18 rings (SSSR count). The average molecular weight is 1960 g/mol. The standard InChI is InChI=1S/C67H80N27O34P5/c1-27-13-89(67(101)88-58(27)96)42-8-30(36(119-42)15-112-14-28-5-3-2-4-6-28)124-130(104,105)114-18-38-32(10-44(121-38)92-24-77-49-55(92)81-64(70)85-60(49)98)127-132(108,109)116-20-40-34(12-46(123-40)94-26-79-51-57(94)83-66(72)87-62(51)100)128-133(110,111)117-19-39-33(11-45(122-39)93-25-78-50-56(93)82-65(71)86-61(50)99)126-131(106,107)115-17-37-31(9-43(120-37)90-22-75-47-52(68)73-21-74-53(47)90)125-129(102,103)113-16-35-29(95)7-41(118-35)91-23-76-48-54(91)80-63(69)84-59(48)97/h2-6,13,21-26,29-46,95H,7-12,14-20H2,1H3,(H,102,103)(H,104,105)(H,106,107)(H,108,109)(H,110,111)(H2,68,73,74)(H,88,96,101)(H3,69,80,84,97)(H3,70,81,85,98)(H3,71,82,86,99)(H3,72,83,87,100)/t29-,30-,31-,32-,33-,34-,35+,36+,37+,38+,39+,40+,41+,42+,43+,44+,45+,46+/m0/s1. The van der Waals surface area contributed by atoms with Gasteiger partial charge >= 0.3 is 44.8 Å². The number of anilines is 5. The maximum absolute atomic E-state index is 14.7. The molecule has 712 valence electrons. The van der Waals surface area contributed by atoms with Gasteiger partial charge in [-0.25, -0.2) is 62.5 Å². The molecule has 6 aliphatic rings. The molecule has 17 heterocycles. The van der Waals surface area contributed by atoms with Gasteiger partial charge in [-0.05, 0) is 12.5 Å². The number of benzene rings is 1. The van der Waals surface area contributed by atoms with Crippen molar-refractivity contribution in [3.63, 3.8) is 0 Å². The van der Waals surface area contributed by atoms with Crippen molar-refractivity contribution in [3.05, 3.63) is 148 Å². The predicted molar refractivity (Wildman–Crippen MR) is 443 cm³/mol. The van der Waals surface area contributed by atoms with Gasteiger partial charge < -0.3 is 91.4 Å². The number of phosphoric ester groups is 5. The Morgan fingerprint density at radius 2 is 0.677 bits per heavy atom. The fraction of sp³-hybridized carbons (Fsp3) is 0.478. The van der Waals surface area contributed by atoms with E-state index in [9.17, 15) is 81.2 Å². The van der Waals surface area contributed by atoms with Crippen molar-refractivity contribution < 1.29 is 131 Å². The first-order chi connectivity index (χ1) is 63.3. The Kier molecular flexibility index (Phi) is 25.5. The summed E-state index contributed by atoms with van der Waals surface area (Å²) < 4.78 is 179. The molecule has 11 aromatic heterocycles. The van der Waals surface area contributed by atoms with E-state index in [1.807, 2.05) is 0 Å². The molecule has 21 N–H and O–H groups in total. The number of imidazole rings is 5. The Hall–Kier alpha value is -10.9. The Bertz CT molecular complexity index is 7070. The van der Waals surface area contributed by atoms with E-state index < -0.39 is 247 Å². The highest BCUT2D eigenvalue weighted by molar-refractivity contribution is 7.48. The van der Waals surface area contributed by atoms with Crippen molar-refractivity contribution >= 4 is 125 Å². The number of fused-ring (bicyclic) bond motifs is 5. The van der Waals surface area contributed by atoms with Crippen molar-refractivity contribution in [2.24, 2.45) is 0 Å². The van der Waals surface area contributed by atoms with E-state index in [-0.39, 0.29) is 112 Å². The van der Waals surface area contributed by atoms with Crippen LogP contribution >= 0.6 is 39.1 Å². The monoisotopic (exact) mass is 1960 g/mol. The Balaban J connectivity index is 0.572. The third-order valence-corrected chi connectivity index (χ3v) is 27.1. The second-order valence-corrected chi connectivity index (χ2v) is 38.0. The van der Waals surface area contributed by atoms with Crippen LogP contribution in [0, 0.1) is 6.92 Å². The Morgan fingerprint density at radius 3 is 1.03 bits per heavy atom. The molecule has 133 heavy (non-hydrogen) atoms. The number of nitrogen functional groups attached to an aromatic ring is 5. The zero-order valence-electron chi connectivity index (χ0n) is 68.4. The lowest BCUT2D eigenvalue weighted by Crippen LogP contribution is -2.33. The number of ether oxygens (including phenoxy) is 7. The van der Waals surface area contributed by atoms with E-state index in [0.717, 1.165) is 44.6 Å². The van der Waals surface area contributed by atoms with E-state index in [2.05, 4.69) is 79.7 Å². The van der Waals surface area contributed by atoms with Crippen LogP contribution in [0.4, 0.5) is 29.6 Å². The third kappa shape index (κ3) is 20.0. The lowest BCUT2D eigenvalue weighted by Gasteiger charge is -2.26. The number of H-pyrrole nitrogens is 5. The van der Waals surface area contributed by atoms with Gasteiger partial charge in [0.15, 0.2) is 56.1 Å². The molecule has 0 spiro atoms. The van der Waals surface area contributed by atoms with Gasteiger partial charge in [0.25, 0.3) is 27.8 Å². The van der Waals surface area contributed by atoms with Crippen molar-refractivity contribution in [3.8, 4) is 0 Å². The van der Waals surface area contributed by atoms with Crippen LogP contribution in [0.15, 0.2) is 103 Å². The zero-order chi connectivity index (χ0) is 93.6. The van der Waals surface area contributed by atoms with Crippen molar-refractivity contribution in [2.75, 3.05) is 68.3 Å². The Labute approximate surface area is 738 Å². The lowest BCUT2D eigenvalue weighted by molar-refractivity contribution is -0.0711. The number of hydrogen-bond donors (Lipinski definition) is 16. The number of phosphoric acid groups is 5. The van der Waals surface area contributed by atoms with Crippen LogP contribution in [0.1, 0.15) is 87.0 Å². The van der Waals surface area contributed by atoms with Crippen LogP contribution in [-0.4, -0.2) is 250 Å². The number of nitrogens with two attached hydrogens (primary N) is 5. The number of aromatic amines is 5. The number of hydrogen-bond acceptors (Lipinski definition) is 45. The summed E-state index contributed by atoms with van der Waals surface area (Å²) in [6.07, 6.45) is -21.1. The second-order valence-electron chi connectivity index (χ2n) is 31.0. The summed E-state index contributed by atoms with van der Waals surface area (Å²) in [5.41, 5.74) is 24.6. The van der Waals surface area contributed by atoms with Gasteiger partial charge in [-0.15, -0.1) is 0 Å². The molecule has 0 saturated carbocycles. The molecule has 61 nitrogen and oxygen atoms in total. The van der Waals surface area contributed by atoms with E-state index in [1.165, 1.54) is 39.5 Å². The number of nitrogens with zero attached hydrogens (tertiary/aromatic N) is 17. The maximum atomic E-state index is 14.7. The molecule has 0 amide bonds. The van der Waals surface area contributed by atoms with E-state index >= 15 is 0 Å². The van der Waals surface area contributed by atoms with Crippen LogP contribution in [-0.2, 0) is 108 Å². The van der Waals surface area contributed by atoms with E-state index in [0.29, 0.717) is 0 Å². The van der Waals surface area contributed by atoms with E-state index in [1.54, 1.807) is 30.3 Å². The molecular weight excluding hydrogens is 1880 g/mol. The van der Waals surface area contributed by atoms with Crippen LogP contribution in [0.3, 0.4) is 0 Å². The quantitative estimate of drug-likeness (QED) is 0.0211. The molecule has 0 radical (unpaired) electrons. The molecular formula is C67H80N27O34P5. The van der Waals surface area contributed by atoms with Crippen molar-refractivity contribution in [1.82, 2.24) is 107 Å². The average Bonchev–Trinajstić information content (AvgIpc) is 1.63. The molecule has 0 bridgehead atoms. The minimum absolute atomic E-state index is 0.00307. The summed E-state index contributed by atoms with van der Waals surface area (Å²) in [5, 5.41) is 11.1. The topological polar surface area (TPSA) is 846 Å². The van der Waals surface area contributed by atoms with Gasteiger partial charge in [0.1, 0.15) is 116 Å². The summed E-state index contributed by atoms with van der Waals surface area (Å²) in [5.74, 6) is -1.45. The molecule has 12 aromatic rings. The highest BCUT2D eigenvalue weighted by Crippen LogP contribution is 2.57. The molecule has 6 aliphatic heterocycles. The lowest BCUT2D eigenvalue weighted by atomic mass is 10.2. The van der Waals surface area contributed by atoms with Crippen LogP contribution in [0.25, 0.3) is 55.8 Å². The smallest absolute Gasteiger partial charge is 0.390 e. The summed E-state index contributed by atoms with van der Waals surface area (Å²) in [6, 6.07) is 8.89. The maximum Gasteiger partial charge on any atom is 0.472 e. The number of nitrogens with one attached hydrogen (secondary N) is 5. The van der Waals surface area contributed by atoms with Crippen LogP contribution < -0.4 is 62.2 Å². The normalized spacial score (nSPS) is 28.0. The first-order valence-corrected chi connectivity index (χ1v) is 47.4. The third-order valence-electron chi connectivity index (χ3n) is 22.1. The van der Waals surface area contributed by atoms with Gasteiger partial charge in [-0.3, -0.25) is 122 Å². The summed E-state index contributed by atoms with van der Waals surface area (Å²) in [6.45, 7) is -3.88. The summed E-state index contributed by atoms with van der Waals surface area (Å²) in [7, 11) is -27.6. The SMILES string of the molecule is Cc1cn([C@H]2C[C@H](OP(=O)(O)OC[C@H]3O[C@@H](n4cnc5c(=O)[nH]c(N)nc54)C[C@@H]3OP(=O)(O)OC[C@H]3O[C@@H](n4cnc5c(=O)[nH]c(N)nc54)C[C@@H]3OP(=O)(O)OC[C@H]3O[C@@H](n4cnc5c(=O)[nH]c(N)nc54)C[C@@H]3OP(=O)(O)OC[C@H]3O[C@@H](n4cnc5c(N)ncnc54)C[C@@H]3OP(=O)(O)OC[C@H]3O[C@@H](n4cnc5c(=O)[nH]c(N)nc54)C[C@@H]3O)[C@@H](COCc3ccccc3)O2)c(=O)[nH]c1=O. The van der Waals surface area contributed by atoms with Crippen LogP contribution in [0.5, 0.6) is 0 Å². The minimum Gasteiger partial charge on any atom is -0.390 e. The number of aliphatic hydroxyl groups is 1. The highest BCUT2D eigenvalue weighted by atomic mass is 31.2. The predicted octanol–water partition coefficient (Wildman–Crippen LogP) is -1.06. The van der Waals surface area contributed by atoms with Crippen molar-refractivity contribution in [2.45, 2.75) is 163 Å². The molecule has 6 saturated heterocycles. The largest absolute Gasteiger partial charge is 0.472 e. The fourth-order valence-corrected chi connectivity index (χ4v) is 20.7. The van der Waals surface area contributed by atoms with Gasteiger partial charge in [-0.1, -0.05) is 30.3 Å². The number of aryl methyl sites for hydroxylation is 1. The van der Waals surface area contributed by atoms with Gasteiger partial charge in [0.05, 0.1) is 84.0 Å². The number of aliphatic hydroxyl groups excluding tert-OH is 1. The minimum atomic E-state index is -5.69. The van der Waals surface area contributed by atoms with Crippen LogP contribution in [0.2, 0.25) is 0 Å². The molecule has 5 unspecified atom stereocenters. The molecule has 66 heteroatoms. The molecule has 6 fully saturated rings. The zero-order valence-corrected chi connectivity index (χ0v) is 72.8. The first-order valence-electron chi connectivity index (χ1n) is 39.9. The number of aromatic nitrogens is 22. The Morgan fingerprint density at radius 1 is 0.376 bits per heavy atom. The summed E-state index contributed by atoms with van der Waals surface area (Å²) in [4.78, 5) is 192. The highest BCUT2D eigenvalue weighted by Gasteiger charge is 2.52. The van der Waals surface area contributed by atoms with E-state index in [4.69, 9.17) is 107 Å². The molecule has 1 aromatic carbocycles. The van der Waals surface area contributed by atoms with Gasteiger partial charge in [0, 0.05) is 50.3 Å². The second kappa shape index (κ2) is 36.7. The summed E-state index contributed by atoms with van der Waals surface area (Å²) >= 11 is 0. The van der Waals surface area contributed by atoms with Gasteiger partial charge in [0.2, 0.25) is 23.8 Å². The molecule has 0 aliphatic carbocycles. The first kappa shape index (κ1) is 92.5. The van der Waals surface area contributed by atoms with Crippen molar-refractivity contribution in [1.29, 1.82) is 0 Å². The molecule has 23 atom stereocenters. The fourth-order valence-electron chi connectivity index (χ4n) is 15.9. The number of rotatable bonds is 35.